The van der Waals surface area contributed by atoms with Gasteiger partial charge in [-0.3, -0.25) is 0 Å². The number of carboxylic acids is 1. The molecule has 0 aliphatic rings. The summed E-state index contributed by atoms with van der Waals surface area (Å²) >= 11 is 3.21. The van der Waals surface area contributed by atoms with Gasteiger partial charge in [0.15, 0.2) is 0 Å². The molecular weight excluding hydrogens is 286 g/mol. The number of hydrogen-bond donors (Lipinski definition) is 1. The Morgan fingerprint density at radius 3 is 2.47 bits per heavy atom. The van der Waals surface area contributed by atoms with Crippen molar-refractivity contribution in [3.63, 3.8) is 0 Å². The van der Waals surface area contributed by atoms with E-state index in [0.29, 0.717) is 15.4 Å². The molecule has 0 bridgehead atoms. The van der Waals surface area contributed by atoms with Gasteiger partial charge in [0.05, 0.1) is 31.6 Å². The molecule has 0 spiro atoms. The third-order valence-electron chi connectivity index (χ3n) is 2.65. The Kier molecular flexibility index (Phi) is 4.16. The topological polar surface area (TPSA) is 60.4 Å². The van der Waals surface area contributed by atoms with Crippen LogP contribution in [0.5, 0.6) is 5.75 Å². The first-order valence-corrected chi connectivity index (χ1v) is 6.00. The highest BCUT2D eigenvalue weighted by Crippen LogP contribution is 2.25. The predicted octanol–water partition coefficient (Wildman–Crippen LogP) is 0.522. The first-order valence-electron chi connectivity index (χ1n) is 5.21. The number of phenolic OH excluding ortho intramolecular Hbond substituents is 1. The number of likely N-dealkylation sites (N-methyl/N-ethyl adjacent to an activating group) is 1. The summed E-state index contributed by atoms with van der Waals surface area (Å²) in [5.74, 6) is -0.925. The molecule has 94 valence electrons. The van der Waals surface area contributed by atoms with Gasteiger partial charge in [-0.05, 0) is 33.6 Å². The van der Waals surface area contributed by atoms with Crippen molar-refractivity contribution in [3.05, 3.63) is 28.2 Å². The zero-order valence-corrected chi connectivity index (χ0v) is 11.7. The lowest BCUT2D eigenvalue weighted by molar-refractivity contribution is -0.889. The van der Waals surface area contributed by atoms with Crippen molar-refractivity contribution >= 4 is 21.9 Å². The summed E-state index contributed by atoms with van der Waals surface area (Å²) in [4.78, 5) is 11.1. The normalized spacial score (nSPS) is 13.4. The lowest BCUT2D eigenvalue weighted by atomic mass is 10.0. The van der Waals surface area contributed by atoms with Gasteiger partial charge in [-0.2, -0.15) is 0 Å². The minimum absolute atomic E-state index is 0.143. The molecular formula is C12H16BrNO3. The number of aliphatic carboxylic acids is 1. The number of benzene rings is 1. The summed E-state index contributed by atoms with van der Waals surface area (Å²) < 4.78 is 0.856. The van der Waals surface area contributed by atoms with Gasteiger partial charge in [-0.15, -0.1) is 0 Å². The van der Waals surface area contributed by atoms with Gasteiger partial charge in [-0.1, -0.05) is 6.07 Å². The molecule has 0 aliphatic carbocycles. The summed E-state index contributed by atoms with van der Waals surface area (Å²) in [5.41, 5.74) is 0.844. The summed E-state index contributed by atoms with van der Waals surface area (Å²) in [5, 5.41) is 20.5. The minimum atomic E-state index is -1.07. The Morgan fingerprint density at radius 1 is 1.47 bits per heavy atom. The van der Waals surface area contributed by atoms with Crippen LogP contribution in [0, 0.1) is 0 Å². The number of nitrogens with zero attached hydrogens (tertiary/aromatic N) is 1. The molecule has 0 saturated heterocycles. The minimum Gasteiger partial charge on any atom is -0.544 e. The van der Waals surface area contributed by atoms with Gasteiger partial charge in [0, 0.05) is 6.42 Å². The van der Waals surface area contributed by atoms with Gasteiger partial charge in [-0.25, -0.2) is 0 Å². The number of quaternary nitrogens is 1. The maximum absolute atomic E-state index is 11.1. The van der Waals surface area contributed by atoms with Crippen molar-refractivity contribution in [2.75, 3.05) is 21.1 Å². The van der Waals surface area contributed by atoms with Crippen LogP contribution in [0.15, 0.2) is 22.7 Å². The van der Waals surface area contributed by atoms with Crippen LogP contribution < -0.4 is 5.11 Å². The molecule has 1 rings (SSSR count). The monoisotopic (exact) mass is 301 g/mol. The molecule has 0 amide bonds. The Morgan fingerprint density at radius 2 is 2.06 bits per heavy atom. The van der Waals surface area contributed by atoms with Gasteiger partial charge in [0.25, 0.3) is 0 Å². The highest BCUT2D eigenvalue weighted by molar-refractivity contribution is 9.10. The molecule has 1 aromatic carbocycles. The van der Waals surface area contributed by atoms with Crippen LogP contribution in [0.2, 0.25) is 0 Å². The molecule has 1 atom stereocenters. The number of halogens is 1. The van der Waals surface area contributed by atoms with E-state index in [2.05, 4.69) is 15.9 Å². The van der Waals surface area contributed by atoms with Gasteiger partial charge < -0.3 is 19.5 Å². The SMILES string of the molecule is C[N+](C)(C)C(Cc1ccc(O)c(Br)c1)C(=O)[O-]. The zero-order chi connectivity index (χ0) is 13.2. The summed E-state index contributed by atoms with van der Waals surface area (Å²) in [6.07, 6.45) is 0.366. The highest BCUT2D eigenvalue weighted by atomic mass is 79.9. The molecule has 17 heavy (non-hydrogen) atoms. The summed E-state index contributed by atoms with van der Waals surface area (Å²) in [6.45, 7) is 0. The average Bonchev–Trinajstić information content (AvgIpc) is 2.17. The van der Waals surface area contributed by atoms with Crippen LogP contribution in [0.4, 0.5) is 0 Å². The molecule has 1 N–H and O–H groups in total. The molecule has 0 aliphatic heterocycles. The smallest absolute Gasteiger partial charge is 0.133 e. The Hall–Kier alpha value is -1.07. The van der Waals surface area contributed by atoms with Crippen molar-refractivity contribution in [2.45, 2.75) is 12.5 Å². The van der Waals surface area contributed by atoms with E-state index in [1.165, 1.54) is 0 Å². The Labute approximate surface area is 109 Å². The summed E-state index contributed by atoms with van der Waals surface area (Å²) in [7, 11) is 5.45. The fraction of sp³-hybridized carbons (Fsp3) is 0.417. The van der Waals surface area contributed by atoms with E-state index in [1.54, 1.807) is 18.2 Å². The van der Waals surface area contributed by atoms with Crippen molar-refractivity contribution in [1.82, 2.24) is 0 Å². The Balaban J connectivity index is 2.95. The summed E-state index contributed by atoms with van der Waals surface area (Å²) in [6, 6.07) is 4.36. The van der Waals surface area contributed by atoms with Crippen molar-refractivity contribution in [3.8, 4) is 5.75 Å². The molecule has 0 fully saturated rings. The van der Waals surface area contributed by atoms with E-state index in [9.17, 15) is 15.0 Å². The molecule has 0 saturated carbocycles. The first kappa shape index (κ1) is 14.0. The maximum atomic E-state index is 11.1. The molecule has 5 heteroatoms. The Bertz CT molecular complexity index is 426. The maximum Gasteiger partial charge on any atom is 0.133 e. The second-order valence-electron chi connectivity index (χ2n) is 4.94. The quantitative estimate of drug-likeness (QED) is 0.825. The molecule has 0 heterocycles. The number of phenols is 1. The van der Waals surface area contributed by atoms with E-state index in [1.807, 2.05) is 21.1 Å². The van der Waals surface area contributed by atoms with Crippen LogP contribution in [0.3, 0.4) is 0 Å². The zero-order valence-electron chi connectivity index (χ0n) is 10.1. The van der Waals surface area contributed by atoms with Gasteiger partial charge >= 0.3 is 0 Å². The number of hydrogen-bond acceptors (Lipinski definition) is 3. The number of carbonyl (C=O) groups excluding carboxylic acids is 1. The highest BCUT2D eigenvalue weighted by Gasteiger charge is 2.25. The van der Waals surface area contributed by atoms with Crippen molar-refractivity contribution < 1.29 is 19.5 Å². The van der Waals surface area contributed by atoms with Crippen LogP contribution in [-0.4, -0.2) is 42.7 Å². The number of aromatic hydroxyl groups is 1. The third-order valence-corrected chi connectivity index (χ3v) is 3.28. The van der Waals surface area contributed by atoms with E-state index in [0.717, 1.165) is 5.56 Å². The predicted molar refractivity (Wildman–Crippen MR) is 66.3 cm³/mol. The second kappa shape index (κ2) is 5.06. The van der Waals surface area contributed by atoms with Crippen molar-refractivity contribution in [2.24, 2.45) is 0 Å². The molecule has 0 aromatic heterocycles. The fourth-order valence-corrected chi connectivity index (χ4v) is 2.00. The average molecular weight is 302 g/mol. The molecule has 1 aromatic rings. The van der Waals surface area contributed by atoms with Crippen LogP contribution in [0.25, 0.3) is 0 Å². The lowest BCUT2D eigenvalue weighted by Crippen LogP contribution is -2.55. The van der Waals surface area contributed by atoms with Crippen LogP contribution in [0.1, 0.15) is 5.56 Å². The third kappa shape index (κ3) is 3.71. The number of carboxylic acid groups (broad SMARTS) is 1. The van der Waals surface area contributed by atoms with Crippen molar-refractivity contribution in [1.29, 1.82) is 0 Å². The van der Waals surface area contributed by atoms with Crippen LogP contribution in [-0.2, 0) is 11.2 Å². The van der Waals surface area contributed by atoms with E-state index >= 15 is 0 Å². The number of carbonyl (C=O) groups is 1. The molecule has 0 radical (unpaired) electrons. The van der Waals surface area contributed by atoms with E-state index < -0.39 is 12.0 Å². The lowest BCUT2D eigenvalue weighted by Gasteiger charge is -2.34. The van der Waals surface area contributed by atoms with Gasteiger partial charge in [0.1, 0.15) is 11.8 Å². The van der Waals surface area contributed by atoms with E-state index in [4.69, 9.17) is 0 Å². The fourth-order valence-electron chi connectivity index (χ4n) is 1.57. The first-order chi connectivity index (χ1) is 7.71. The number of rotatable bonds is 4. The largest absolute Gasteiger partial charge is 0.544 e. The second-order valence-corrected chi connectivity index (χ2v) is 5.80. The molecule has 4 nitrogen and oxygen atoms in total. The van der Waals surface area contributed by atoms with Crippen LogP contribution >= 0.6 is 15.9 Å². The van der Waals surface area contributed by atoms with Gasteiger partial charge in [0.2, 0.25) is 0 Å². The standard InChI is InChI=1S/C12H16BrNO3/c1-14(2,3)10(12(16)17)7-8-4-5-11(15)9(13)6-8/h4-6,10H,7H2,1-3H3,(H-,15,16,17). The van der Waals surface area contributed by atoms with E-state index in [-0.39, 0.29) is 5.75 Å². The molecule has 1 unspecified atom stereocenters.